The first kappa shape index (κ1) is 46.5. The van der Waals surface area contributed by atoms with E-state index in [0.29, 0.717) is 42.0 Å². The molecule has 0 spiro atoms. The number of fused-ring (bicyclic) bond motifs is 1. The predicted molar refractivity (Wildman–Crippen MR) is 223 cm³/mol. The third-order valence-electron chi connectivity index (χ3n) is 9.03. The molecule has 19 nitrogen and oxygen atoms in total. The van der Waals surface area contributed by atoms with E-state index in [1.54, 1.807) is 45.0 Å². The second kappa shape index (κ2) is 23.3. The van der Waals surface area contributed by atoms with Crippen molar-refractivity contribution in [3.63, 3.8) is 0 Å². The first-order chi connectivity index (χ1) is 27.6. The number of nitrogens with one attached hydrogen (secondary N) is 5. The van der Waals surface area contributed by atoms with E-state index in [-0.39, 0.29) is 98.1 Å². The molecular formula is C38H54N12O7S. The van der Waals surface area contributed by atoms with E-state index in [1.165, 1.54) is 6.20 Å². The molecule has 2 heterocycles. The lowest BCUT2D eigenvalue weighted by Crippen LogP contribution is -2.46. The average molecular weight is 823 g/mol. The van der Waals surface area contributed by atoms with Crippen LogP contribution in [0.2, 0.25) is 0 Å². The van der Waals surface area contributed by atoms with Gasteiger partial charge in [0.15, 0.2) is 28.7 Å². The van der Waals surface area contributed by atoms with Crippen LogP contribution in [0.15, 0.2) is 40.2 Å². The van der Waals surface area contributed by atoms with Gasteiger partial charge in [-0.25, -0.2) is 9.97 Å². The number of hydrogen-bond donors (Lipinski definition) is 9. The van der Waals surface area contributed by atoms with E-state index in [2.05, 4.69) is 58.8 Å². The maximum absolute atomic E-state index is 13.3. The Labute approximate surface area is 341 Å². The van der Waals surface area contributed by atoms with E-state index in [1.807, 2.05) is 0 Å². The van der Waals surface area contributed by atoms with Crippen LogP contribution in [0.25, 0.3) is 11.2 Å². The Morgan fingerprint density at radius 1 is 0.879 bits per heavy atom. The number of H-pyrrole nitrogens is 1. The molecule has 0 unspecified atom stereocenters. The molecule has 58 heavy (non-hydrogen) atoms. The van der Waals surface area contributed by atoms with Crippen molar-refractivity contribution < 1.29 is 28.8 Å². The molecule has 0 bridgehead atoms. The maximum Gasteiger partial charge on any atom is 0.280 e. The van der Waals surface area contributed by atoms with Crippen molar-refractivity contribution in [2.75, 3.05) is 29.9 Å². The molecule has 20 heteroatoms. The lowest BCUT2D eigenvalue weighted by molar-refractivity contribution is -0.134. The van der Waals surface area contributed by atoms with Crippen molar-refractivity contribution in [3.05, 3.63) is 52.1 Å². The summed E-state index contributed by atoms with van der Waals surface area (Å²) in [7, 11) is 0. The molecule has 4 atom stereocenters. The Bertz CT molecular complexity index is 2000. The molecule has 2 aromatic heterocycles. The van der Waals surface area contributed by atoms with Crippen LogP contribution in [0.1, 0.15) is 88.2 Å². The summed E-state index contributed by atoms with van der Waals surface area (Å²) in [5.41, 5.74) is 17.7. The first-order valence-electron chi connectivity index (χ1n) is 19.1. The normalized spacial score (nSPS) is 13.0. The van der Waals surface area contributed by atoms with Gasteiger partial charge < -0.3 is 38.5 Å². The Morgan fingerprint density at radius 3 is 2.26 bits per heavy atom. The summed E-state index contributed by atoms with van der Waals surface area (Å²) in [5, 5.41) is 11.3. The number of Topliss-reactive ketones (excluding diaryl/α,β-unsaturated/α-hetero) is 3. The number of nitrogen functional groups attached to an aromatic ring is 1. The van der Waals surface area contributed by atoms with Crippen molar-refractivity contribution in [3.8, 4) is 0 Å². The minimum absolute atomic E-state index is 0.0484. The molecule has 0 fully saturated rings. The third kappa shape index (κ3) is 15.5. The molecule has 3 rings (SSSR count). The van der Waals surface area contributed by atoms with E-state index in [0.717, 1.165) is 0 Å². The fourth-order valence-corrected chi connectivity index (χ4v) is 5.85. The van der Waals surface area contributed by atoms with Crippen molar-refractivity contribution in [1.29, 1.82) is 0 Å². The molecule has 0 saturated heterocycles. The quantitative estimate of drug-likeness (QED) is 0.0249. The van der Waals surface area contributed by atoms with Gasteiger partial charge in [-0.15, -0.1) is 0 Å². The Hall–Kier alpha value is -5.92. The summed E-state index contributed by atoms with van der Waals surface area (Å²) >= 11 is 4.10. The number of thiol groups is 1. The third-order valence-corrected chi connectivity index (χ3v) is 9.35. The number of benzene rings is 1. The highest BCUT2D eigenvalue weighted by atomic mass is 32.1. The SMILES string of the molecule is C[C@H](CC(=O)[C@H](CCCN=C(N)N)NC(=O)[C@H](C)CC(=O)CCCNC(=O)c1ccc(NCc2cnc3nc(N)[nH]c(=O)c3n2)cc1)C(=O)N[C@@H](C)C(=O)CCCS. The summed E-state index contributed by atoms with van der Waals surface area (Å²) in [6.45, 7) is 5.45. The molecular weight excluding hydrogens is 769 g/mol. The molecule has 0 radical (unpaired) electrons. The highest BCUT2D eigenvalue weighted by Crippen LogP contribution is 2.14. The highest BCUT2D eigenvalue weighted by Gasteiger charge is 2.28. The largest absolute Gasteiger partial charge is 0.379 e. The number of nitrogens with zero attached hydrogens (tertiary/aromatic N) is 4. The number of nitrogens with two attached hydrogens (primary N) is 3. The molecule has 3 amide bonds. The van der Waals surface area contributed by atoms with E-state index < -0.39 is 41.3 Å². The number of carbonyl (C=O) groups is 6. The Kier molecular flexibility index (Phi) is 18.7. The van der Waals surface area contributed by atoms with E-state index >= 15 is 0 Å². The van der Waals surface area contributed by atoms with E-state index in [4.69, 9.17) is 17.2 Å². The van der Waals surface area contributed by atoms with Gasteiger partial charge in [0.1, 0.15) is 5.78 Å². The fourth-order valence-electron chi connectivity index (χ4n) is 5.69. The molecule has 1 aromatic carbocycles. The standard InChI is InChI=1S/C38H54N12O7S/c1-21(34(55)48-28(8-5-15-43-37(39)40)30(53)18-22(2)33(54)46-23(3)29(52)9-6-16-58)17-27(51)7-4-14-42-35(56)24-10-12-25(13-11-24)44-19-26-20-45-32-31(47-26)36(57)50-38(41)49-32/h10-13,20-23,28,44,58H,4-9,14-19H2,1-3H3,(H,42,56)(H,46,54)(H,48,55)(H4,39,40,43)(H3,41,45,49,50,57)/t21-,22-,23+,28+/m1/s1. The second-order valence-corrected chi connectivity index (χ2v) is 14.5. The van der Waals surface area contributed by atoms with E-state index in [9.17, 15) is 33.6 Å². The number of aromatic amines is 1. The summed E-state index contributed by atoms with van der Waals surface area (Å²) in [6.07, 6.45) is 3.13. The summed E-state index contributed by atoms with van der Waals surface area (Å²) in [5.74, 6) is -3.10. The number of anilines is 2. The molecule has 11 N–H and O–H groups in total. The second-order valence-electron chi connectivity index (χ2n) is 14.0. The fraction of sp³-hybridized carbons (Fsp3) is 0.500. The Balaban J connectivity index is 1.43. The van der Waals surface area contributed by atoms with Gasteiger partial charge in [-0.2, -0.15) is 17.6 Å². The molecule has 0 aliphatic carbocycles. The number of guanidine groups is 1. The van der Waals surface area contributed by atoms with Crippen molar-refractivity contribution in [2.24, 2.45) is 28.3 Å². The maximum atomic E-state index is 13.3. The number of amides is 3. The molecule has 0 aliphatic heterocycles. The van der Waals surface area contributed by atoms with Crippen molar-refractivity contribution in [1.82, 2.24) is 35.9 Å². The minimum atomic E-state index is -0.951. The first-order valence-corrected chi connectivity index (χ1v) is 19.7. The van der Waals surface area contributed by atoms with Crippen molar-refractivity contribution in [2.45, 2.75) is 90.8 Å². The van der Waals surface area contributed by atoms with Crippen LogP contribution in [0.4, 0.5) is 11.6 Å². The van der Waals surface area contributed by atoms with Crippen molar-refractivity contribution >= 4 is 76.5 Å². The summed E-state index contributed by atoms with van der Waals surface area (Å²) < 4.78 is 0. The van der Waals surface area contributed by atoms with Crippen LogP contribution in [0.3, 0.4) is 0 Å². The molecule has 0 aliphatic rings. The summed E-state index contributed by atoms with van der Waals surface area (Å²) in [4.78, 5) is 108. The van der Waals surface area contributed by atoms with Crippen LogP contribution in [0, 0.1) is 11.8 Å². The van der Waals surface area contributed by atoms with Gasteiger partial charge in [0, 0.05) is 61.9 Å². The van der Waals surface area contributed by atoms with Crippen LogP contribution < -0.4 is 44.0 Å². The number of aliphatic imine (C=N–C) groups is 1. The summed E-state index contributed by atoms with van der Waals surface area (Å²) in [6, 6.07) is 5.04. The topological polar surface area (TPSA) is 312 Å². The lowest BCUT2D eigenvalue weighted by atomic mass is 9.95. The molecule has 3 aromatic rings. The van der Waals surface area contributed by atoms with Crippen LogP contribution in [-0.4, -0.2) is 91.9 Å². The minimum Gasteiger partial charge on any atom is -0.379 e. The number of ketones is 3. The zero-order valence-corrected chi connectivity index (χ0v) is 33.9. The van der Waals surface area contributed by atoms with Crippen LogP contribution in [0.5, 0.6) is 0 Å². The smallest absolute Gasteiger partial charge is 0.280 e. The highest BCUT2D eigenvalue weighted by molar-refractivity contribution is 7.80. The van der Waals surface area contributed by atoms with Crippen LogP contribution >= 0.6 is 12.6 Å². The Morgan fingerprint density at radius 2 is 1.57 bits per heavy atom. The van der Waals surface area contributed by atoms with Crippen LogP contribution in [-0.2, 0) is 30.5 Å². The number of rotatable bonds is 25. The van der Waals surface area contributed by atoms with Gasteiger partial charge in [-0.3, -0.25) is 43.5 Å². The van der Waals surface area contributed by atoms with Gasteiger partial charge in [0.2, 0.25) is 17.8 Å². The zero-order valence-electron chi connectivity index (χ0n) is 33.0. The number of aromatic nitrogens is 4. The monoisotopic (exact) mass is 822 g/mol. The predicted octanol–water partition coefficient (Wildman–Crippen LogP) is 0.930. The van der Waals surface area contributed by atoms with Gasteiger partial charge in [-0.05, 0) is 62.6 Å². The average Bonchev–Trinajstić information content (AvgIpc) is 3.18. The van der Waals surface area contributed by atoms with Gasteiger partial charge >= 0.3 is 0 Å². The number of hydrogen-bond acceptors (Lipinski definition) is 14. The van der Waals surface area contributed by atoms with Gasteiger partial charge in [0.25, 0.3) is 11.5 Å². The van der Waals surface area contributed by atoms with Gasteiger partial charge in [0.05, 0.1) is 30.5 Å². The molecule has 314 valence electrons. The zero-order chi connectivity index (χ0) is 42.8. The number of carbonyl (C=O) groups excluding carboxylic acids is 6. The van der Waals surface area contributed by atoms with Gasteiger partial charge in [-0.1, -0.05) is 13.8 Å². The molecule has 0 saturated carbocycles. The lowest BCUT2D eigenvalue weighted by Gasteiger charge is -2.22.